The average Bonchev–Trinajstić information content (AvgIpc) is 2.79. The zero-order valence-corrected chi connectivity index (χ0v) is 17.3. The number of amides is 3. The van der Waals surface area contributed by atoms with Crippen LogP contribution in [0.4, 0.5) is 5.69 Å². The van der Waals surface area contributed by atoms with Gasteiger partial charge in [0, 0.05) is 37.3 Å². The zero-order chi connectivity index (χ0) is 21.5. The topological polar surface area (TPSA) is 87.7 Å². The summed E-state index contributed by atoms with van der Waals surface area (Å²) in [6.45, 7) is 2.85. The Morgan fingerprint density at radius 2 is 1.73 bits per heavy atom. The van der Waals surface area contributed by atoms with Crippen LogP contribution in [-0.2, 0) is 9.59 Å². The largest absolute Gasteiger partial charge is 0.484 e. The molecule has 1 aliphatic heterocycles. The van der Waals surface area contributed by atoms with Gasteiger partial charge in [-0.1, -0.05) is 24.3 Å². The highest BCUT2D eigenvalue weighted by atomic mass is 16.5. The molecule has 2 aromatic carbocycles. The van der Waals surface area contributed by atoms with Crippen LogP contribution in [-0.4, -0.2) is 49.4 Å². The van der Waals surface area contributed by atoms with Gasteiger partial charge in [-0.25, -0.2) is 0 Å². The SMILES string of the molecule is CNC(=O)c1cccc(NC(=O)C2CCN(C(=O)COc3ccccc3)CC2)c1C. The Bertz CT molecular complexity index is 906. The van der Waals surface area contributed by atoms with Crippen LogP contribution < -0.4 is 15.4 Å². The number of hydrogen-bond acceptors (Lipinski definition) is 4. The predicted molar refractivity (Wildman–Crippen MR) is 114 cm³/mol. The van der Waals surface area contributed by atoms with Gasteiger partial charge in [0.05, 0.1) is 0 Å². The summed E-state index contributed by atoms with van der Waals surface area (Å²) < 4.78 is 5.52. The number of carbonyl (C=O) groups is 3. The summed E-state index contributed by atoms with van der Waals surface area (Å²) in [7, 11) is 1.58. The van der Waals surface area contributed by atoms with E-state index in [4.69, 9.17) is 4.74 Å². The standard InChI is InChI=1S/C23H27N3O4/c1-16-19(23(29)24-2)9-6-10-20(16)25-22(28)17-11-13-26(14-12-17)21(27)15-30-18-7-4-3-5-8-18/h3-10,17H,11-15H2,1-2H3,(H,24,29)(H,25,28). The fourth-order valence-electron chi connectivity index (χ4n) is 3.53. The van der Waals surface area contributed by atoms with Gasteiger partial charge in [-0.15, -0.1) is 0 Å². The Labute approximate surface area is 176 Å². The van der Waals surface area contributed by atoms with Crippen LogP contribution in [0.1, 0.15) is 28.8 Å². The Kier molecular flexibility index (Phi) is 7.06. The molecule has 0 bridgehead atoms. The van der Waals surface area contributed by atoms with E-state index in [2.05, 4.69) is 10.6 Å². The first kappa shape index (κ1) is 21.4. The molecule has 0 radical (unpaired) electrons. The van der Waals surface area contributed by atoms with Crippen molar-refractivity contribution in [2.24, 2.45) is 5.92 Å². The lowest BCUT2D eigenvalue weighted by Gasteiger charge is -2.31. The maximum atomic E-state index is 12.7. The smallest absolute Gasteiger partial charge is 0.260 e. The van der Waals surface area contributed by atoms with Gasteiger partial charge in [0.15, 0.2) is 6.61 Å². The normalized spacial score (nSPS) is 14.1. The maximum Gasteiger partial charge on any atom is 0.260 e. The Morgan fingerprint density at radius 1 is 1.03 bits per heavy atom. The van der Waals surface area contributed by atoms with Crippen LogP contribution in [0.15, 0.2) is 48.5 Å². The molecule has 0 unspecified atom stereocenters. The number of nitrogens with one attached hydrogen (secondary N) is 2. The average molecular weight is 409 g/mol. The number of ether oxygens (including phenoxy) is 1. The molecule has 2 aromatic rings. The van der Waals surface area contributed by atoms with Crippen molar-refractivity contribution < 1.29 is 19.1 Å². The highest BCUT2D eigenvalue weighted by molar-refractivity contribution is 5.99. The fourth-order valence-corrected chi connectivity index (χ4v) is 3.53. The van der Waals surface area contributed by atoms with E-state index in [1.54, 1.807) is 30.1 Å². The van der Waals surface area contributed by atoms with E-state index in [1.807, 2.05) is 37.3 Å². The van der Waals surface area contributed by atoms with E-state index in [1.165, 1.54) is 0 Å². The van der Waals surface area contributed by atoms with Crippen LogP contribution in [0.3, 0.4) is 0 Å². The van der Waals surface area contributed by atoms with E-state index >= 15 is 0 Å². The maximum absolute atomic E-state index is 12.7. The second-order valence-corrected chi connectivity index (χ2v) is 7.30. The molecular formula is C23H27N3O4. The Balaban J connectivity index is 1.51. The first-order valence-electron chi connectivity index (χ1n) is 10.1. The van der Waals surface area contributed by atoms with Gasteiger partial charge in [0.25, 0.3) is 11.8 Å². The molecule has 1 heterocycles. The van der Waals surface area contributed by atoms with Crippen LogP contribution in [0.2, 0.25) is 0 Å². The van der Waals surface area contributed by atoms with E-state index in [-0.39, 0.29) is 30.2 Å². The van der Waals surface area contributed by atoms with E-state index < -0.39 is 0 Å². The molecule has 1 saturated heterocycles. The summed E-state index contributed by atoms with van der Waals surface area (Å²) in [6, 6.07) is 14.5. The van der Waals surface area contributed by atoms with Gasteiger partial charge in [-0.3, -0.25) is 14.4 Å². The molecule has 0 aliphatic carbocycles. The third-order valence-electron chi connectivity index (χ3n) is 5.39. The van der Waals surface area contributed by atoms with Crippen molar-refractivity contribution in [3.05, 3.63) is 59.7 Å². The number of carbonyl (C=O) groups excluding carboxylic acids is 3. The third kappa shape index (κ3) is 5.17. The Hall–Kier alpha value is -3.35. The van der Waals surface area contributed by atoms with Gasteiger partial charge < -0.3 is 20.3 Å². The van der Waals surface area contributed by atoms with Crippen molar-refractivity contribution in [1.82, 2.24) is 10.2 Å². The number of likely N-dealkylation sites (tertiary alicyclic amines) is 1. The minimum absolute atomic E-state index is 0.00758. The lowest BCUT2D eigenvalue weighted by Crippen LogP contribution is -2.43. The minimum Gasteiger partial charge on any atom is -0.484 e. The van der Waals surface area contributed by atoms with Crippen molar-refractivity contribution in [2.75, 3.05) is 32.1 Å². The van der Waals surface area contributed by atoms with Gasteiger partial charge in [-0.05, 0) is 49.6 Å². The molecule has 158 valence electrons. The van der Waals surface area contributed by atoms with Gasteiger partial charge >= 0.3 is 0 Å². The molecule has 7 nitrogen and oxygen atoms in total. The molecule has 2 N–H and O–H groups in total. The molecule has 0 spiro atoms. The first-order valence-corrected chi connectivity index (χ1v) is 10.1. The monoisotopic (exact) mass is 409 g/mol. The molecule has 0 saturated carbocycles. The second-order valence-electron chi connectivity index (χ2n) is 7.30. The van der Waals surface area contributed by atoms with Crippen molar-refractivity contribution in [1.29, 1.82) is 0 Å². The van der Waals surface area contributed by atoms with E-state index in [0.717, 1.165) is 5.56 Å². The number of anilines is 1. The molecule has 3 rings (SSSR count). The van der Waals surface area contributed by atoms with Crippen LogP contribution >= 0.6 is 0 Å². The highest BCUT2D eigenvalue weighted by Gasteiger charge is 2.28. The number of benzene rings is 2. The Morgan fingerprint density at radius 3 is 2.40 bits per heavy atom. The number of rotatable bonds is 6. The highest BCUT2D eigenvalue weighted by Crippen LogP contribution is 2.23. The summed E-state index contributed by atoms with van der Waals surface area (Å²) in [5.74, 6) is 0.140. The number of nitrogens with zero attached hydrogens (tertiary/aromatic N) is 1. The van der Waals surface area contributed by atoms with E-state index in [9.17, 15) is 14.4 Å². The lowest BCUT2D eigenvalue weighted by molar-refractivity contribution is -0.136. The number of piperidine rings is 1. The van der Waals surface area contributed by atoms with Crippen molar-refractivity contribution in [2.45, 2.75) is 19.8 Å². The van der Waals surface area contributed by atoms with Gasteiger partial charge in [-0.2, -0.15) is 0 Å². The molecular weight excluding hydrogens is 382 g/mol. The quantitative estimate of drug-likeness (QED) is 0.768. The summed E-state index contributed by atoms with van der Waals surface area (Å²) in [5, 5.41) is 5.55. The lowest BCUT2D eigenvalue weighted by atomic mass is 9.95. The predicted octanol–water partition coefficient (Wildman–Crippen LogP) is 2.61. The van der Waals surface area contributed by atoms with Gasteiger partial charge in [0.1, 0.15) is 5.75 Å². The number of hydrogen-bond donors (Lipinski definition) is 2. The summed E-state index contributed by atoms with van der Waals surface area (Å²) in [6.07, 6.45) is 1.19. The summed E-state index contributed by atoms with van der Waals surface area (Å²) in [4.78, 5) is 38.8. The second kappa shape index (κ2) is 9.91. The van der Waals surface area contributed by atoms with Crippen molar-refractivity contribution >= 4 is 23.4 Å². The van der Waals surface area contributed by atoms with Crippen molar-refractivity contribution in [3.63, 3.8) is 0 Å². The van der Waals surface area contributed by atoms with E-state index in [0.29, 0.717) is 42.9 Å². The van der Waals surface area contributed by atoms with Crippen molar-refractivity contribution in [3.8, 4) is 5.75 Å². The van der Waals surface area contributed by atoms with Crippen LogP contribution in [0, 0.1) is 12.8 Å². The molecule has 0 aromatic heterocycles. The molecule has 3 amide bonds. The summed E-state index contributed by atoms with van der Waals surface area (Å²) in [5.41, 5.74) is 1.90. The van der Waals surface area contributed by atoms with Gasteiger partial charge in [0.2, 0.25) is 5.91 Å². The third-order valence-corrected chi connectivity index (χ3v) is 5.39. The minimum atomic E-state index is -0.187. The first-order chi connectivity index (χ1) is 14.5. The molecule has 30 heavy (non-hydrogen) atoms. The molecule has 0 atom stereocenters. The molecule has 1 aliphatic rings. The molecule has 7 heteroatoms. The summed E-state index contributed by atoms with van der Waals surface area (Å²) >= 11 is 0. The molecule has 1 fully saturated rings. The fraction of sp³-hybridized carbons (Fsp3) is 0.348. The van der Waals surface area contributed by atoms with Crippen LogP contribution in [0.25, 0.3) is 0 Å². The zero-order valence-electron chi connectivity index (χ0n) is 17.3. The number of para-hydroxylation sites is 1. The van der Waals surface area contributed by atoms with Crippen LogP contribution in [0.5, 0.6) is 5.75 Å².